The van der Waals surface area contributed by atoms with Crippen molar-refractivity contribution >= 4 is 0 Å². The molecule has 0 fully saturated rings. The van der Waals surface area contributed by atoms with E-state index in [0.717, 1.165) is 18.9 Å². The fourth-order valence-corrected chi connectivity index (χ4v) is 1.34. The Balaban J connectivity index is 3.30. The van der Waals surface area contributed by atoms with Gasteiger partial charge in [0, 0.05) is 6.04 Å². The molecule has 1 unspecified atom stereocenters. The topological polar surface area (TPSA) is 12.0 Å². The lowest BCUT2D eigenvalue weighted by molar-refractivity contribution is 0.591. The second-order valence-electron chi connectivity index (χ2n) is 4.09. The zero-order valence-electron chi connectivity index (χ0n) is 9.64. The summed E-state index contributed by atoms with van der Waals surface area (Å²) in [6.07, 6.45) is 8.40. The third-order valence-corrected chi connectivity index (χ3v) is 2.07. The van der Waals surface area contributed by atoms with E-state index in [1.54, 1.807) is 0 Å². The molecule has 78 valence electrons. The van der Waals surface area contributed by atoms with E-state index in [4.69, 9.17) is 0 Å². The van der Waals surface area contributed by atoms with E-state index in [1.807, 2.05) is 0 Å². The number of hydrogen-bond donors (Lipinski definition) is 1. The molecule has 0 radical (unpaired) electrons. The van der Waals surface area contributed by atoms with Crippen LogP contribution < -0.4 is 5.32 Å². The highest BCUT2D eigenvalue weighted by Crippen LogP contribution is 2.06. The van der Waals surface area contributed by atoms with Crippen LogP contribution in [0.3, 0.4) is 0 Å². The van der Waals surface area contributed by atoms with Crippen LogP contribution in [-0.4, -0.2) is 12.6 Å². The molecule has 1 N–H and O–H groups in total. The Kier molecular flexibility index (Phi) is 8.11. The van der Waals surface area contributed by atoms with Gasteiger partial charge in [-0.05, 0) is 25.3 Å². The average Bonchev–Trinajstić information content (AvgIpc) is 2.03. The molecule has 0 saturated carbocycles. The van der Waals surface area contributed by atoms with Crippen LogP contribution in [0.25, 0.3) is 0 Å². The van der Waals surface area contributed by atoms with E-state index in [0.29, 0.717) is 6.04 Å². The normalized spacial score (nSPS) is 14.2. The van der Waals surface area contributed by atoms with Crippen LogP contribution >= 0.6 is 0 Å². The van der Waals surface area contributed by atoms with Gasteiger partial charge in [0.25, 0.3) is 0 Å². The molecule has 0 aliphatic heterocycles. The third kappa shape index (κ3) is 9.62. The van der Waals surface area contributed by atoms with Crippen LogP contribution in [0.5, 0.6) is 0 Å². The molecule has 0 aromatic heterocycles. The summed E-state index contributed by atoms with van der Waals surface area (Å²) < 4.78 is 0. The van der Waals surface area contributed by atoms with E-state index >= 15 is 0 Å². The predicted octanol–water partition coefficient (Wildman–Crippen LogP) is 3.37. The van der Waals surface area contributed by atoms with Crippen LogP contribution in [0.4, 0.5) is 0 Å². The smallest absolute Gasteiger partial charge is 0.00105 e. The van der Waals surface area contributed by atoms with Gasteiger partial charge in [-0.15, -0.1) is 0 Å². The van der Waals surface area contributed by atoms with Crippen LogP contribution in [-0.2, 0) is 0 Å². The summed E-state index contributed by atoms with van der Waals surface area (Å²) in [6, 6.07) is 0.612. The lowest BCUT2D eigenvalue weighted by Crippen LogP contribution is -2.23. The monoisotopic (exact) mass is 183 g/mol. The molecule has 0 saturated heterocycles. The van der Waals surface area contributed by atoms with E-state index in [-0.39, 0.29) is 0 Å². The number of hydrogen-bond acceptors (Lipinski definition) is 1. The molecule has 0 rings (SSSR count). The fraction of sp³-hybridized carbons (Fsp3) is 0.833. The molecule has 0 spiro atoms. The molecular weight excluding hydrogens is 158 g/mol. The van der Waals surface area contributed by atoms with Crippen molar-refractivity contribution < 1.29 is 0 Å². The first-order chi connectivity index (χ1) is 6.16. The molecule has 1 nitrogen and oxygen atoms in total. The van der Waals surface area contributed by atoms with Gasteiger partial charge in [0.2, 0.25) is 0 Å². The molecule has 0 amide bonds. The first kappa shape index (κ1) is 12.7. The average molecular weight is 183 g/mol. The van der Waals surface area contributed by atoms with Crippen LogP contribution in [0.1, 0.15) is 47.0 Å². The van der Waals surface area contributed by atoms with E-state index < -0.39 is 0 Å². The molecule has 13 heavy (non-hydrogen) atoms. The zero-order chi connectivity index (χ0) is 10.1. The van der Waals surface area contributed by atoms with Crippen molar-refractivity contribution in [3.8, 4) is 0 Å². The summed E-state index contributed by atoms with van der Waals surface area (Å²) in [7, 11) is 0. The SMILES string of the molecule is CCCC(C)/C=C/CCNC(C)C. The van der Waals surface area contributed by atoms with Gasteiger partial charge in [-0.1, -0.05) is 46.3 Å². The zero-order valence-corrected chi connectivity index (χ0v) is 9.64. The lowest BCUT2D eigenvalue weighted by Gasteiger charge is -2.06. The maximum absolute atomic E-state index is 3.40. The summed E-state index contributed by atoms with van der Waals surface area (Å²) in [5, 5.41) is 3.40. The molecule has 0 bridgehead atoms. The summed E-state index contributed by atoms with van der Waals surface area (Å²) in [5.41, 5.74) is 0. The molecule has 0 aliphatic rings. The highest BCUT2D eigenvalue weighted by molar-refractivity contribution is 4.86. The Morgan fingerprint density at radius 1 is 1.23 bits per heavy atom. The standard InChI is InChI=1S/C12H25N/c1-5-8-12(4)9-6-7-10-13-11(2)3/h6,9,11-13H,5,7-8,10H2,1-4H3/b9-6+. The predicted molar refractivity (Wildman–Crippen MR) is 61.0 cm³/mol. The van der Waals surface area contributed by atoms with Gasteiger partial charge in [-0.3, -0.25) is 0 Å². The molecule has 1 atom stereocenters. The third-order valence-electron chi connectivity index (χ3n) is 2.07. The Labute approximate surface area is 83.6 Å². The Morgan fingerprint density at radius 3 is 2.46 bits per heavy atom. The number of nitrogens with one attached hydrogen (secondary N) is 1. The minimum atomic E-state index is 0.612. The molecule has 0 aliphatic carbocycles. The first-order valence-electron chi connectivity index (χ1n) is 5.56. The highest BCUT2D eigenvalue weighted by Gasteiger charge is 1.93. The maximum Gasteiger partial charge on any atom is 0.00105 e. The van der Waals surface area contributed by atoms with E-state index in [2.05, 4.69) is 45.2 Å². The van der Waals surface area contributed by atoms with Crippen molar-refractivity contribution in [3.63, 3.8) is 0 Å². The maximum atomic E-state index is 3.40. The van der Waals surface area contributed by atoms with E-state index in [9.17, 15) is 0 Å². The molecular formula is C12H25N. The van der Waals surface area contributed by atoms with Gasteiger partial charge in [-0.25, -0.2) is 0 Å². The van der Waals surface area contributed by atoms with Crippen LogP contribution in [0.2, 0.25) is 0 Å². The Hall–Kier alpha value is -0.300. The molecule has 0 aromatic carbocycles. The van der Waals surface area contributed by atoms with Gasteiger partial charge in [0.05, 0.1) is 0 Å². The van der Waals surface area contributed by atoms with Crippen molar-refractivity contribution in [2.75, 3.05) is 6.54 Å². The van der Waals surface area contributed by atoms with Crippen LogP contribution in [0, 0.1) is 5.92 Å². The van der Waals surface area contributed by atoms with Gasteiger partial charge in [-0.2, -0.15) is 0 Å². The van der Waals surface area contributed by atoms with Crippen molar-refractivity contribution in [3.05, 3.63) is 12.2 Å². The summed E-state index contributed by atoms with van der Waals surface area (Å²) in [4.78, 5) is 0. The van der Waals surface area contributed by atoms with Crippen molar-refractivity contribution in [2.24, 2.45) is 5.92 Å². The lowest BCUT2D eigenvalue weighted by atomic mass is 10.1. The second-order valence-corrected chi connectivity index (χ2v) is 4.09. The van der Waals surface area contributed by atoms with Gasteiger partial charge in [0.1, 0.15) is 0 Å². The molecule has 0 heterocycles. The number of rotatable bonds is 7. The Bertz CT molecular complexity index is 127. The first-order valence-corrected chi connectivity index (χ1v) is 5.56. The van der Waals surface area contributed by atoms with Crippen molar-refractivity contribution in [2.45, 2.75) is 53.0 Å². The largest absolute Gasteiger partial charge is 0.314 e. The van der Waals surface area contributed by atoms with Crippen molar-refractivity contribution in [1.82, 2.24) is 5.32 Å². The van der Waals surface area contributed by atoms with Crippen LogP contribution in [0.15, 0.2) is 12.2 Å². The van der Waals surface area contributed by atoms with Gasteiger partial charge >= 0.3 is 0 Å². The molecule has 1 heteroatoms. The van der Waals surface area contributed by atoms with Crippen molar-refractivity contribution in [1.29, 1.82) is 0 Å². The van der Waals surface area contributed by atoms with E-state index in [1.165, 1.54) is 12.8 Å². The highest BCUT2D eigenvalue weighted by atomic mass is 14.9. The quantitative estimate of drug-likeness (QED) is 0.471. The second kappa shape index (κ2) is 8.31. The van der Waals surface area contributed by atoms with Gasteiger partial charge in [0.15, 0.2) is 0 Å². The molecule has 0 aromatic rings. The summed E-state index contributed by atoms with van der Waals surface area (Å²) in [5.74, 6) is 0.754. The number of allylic oxidation sites excluding steroid dienone is 1. The summed E-state index contributed by atoms with van der Waals surface area (Å²) >= 11 is 0. The minimum absolute atomic E-state index is 0.612. The minimum Gasteiger partial charge on any atom is -0.314 e. The summed E-state index contributed by atoms with van der Waals surface area (Å²) in [6.45, 7) is 10.0. The Morgan fingerprint density at radius 2 is 1.92 bits per heavy atom. The fourth-order valence-electron chi connectivity index (χ4n) is 1.34. The van der Waals surface area contributed by atoms with Gasteiger partial charge < -0.3 is 5.32 Å².